The van der Waals surface area contributed by atoms with Crippen LogP contribution < -0.4 is 0 Å². The second-order valence-corrected chi connectivity index (χ2v) is 6.60. The van der Waals surface area contributed by atoms with Gasteiger partial charge in [0.1, 0.15) is 0 Å². The number of thioether (sulfide) groups is 1. The van der Waals surface area contributed by atoms with Crippen molar-refractivity contribution in [1.82, 2.24) is 4.90 Å². The van der Waals surface area contributed by atoms with Gasteiger partial charge in [-0.05, 0) is 18.9 Å². The number of fused-ring (bicyclic) bond motifs is 1. The lowest BCUT2D eigenvalue weighted by Crippen LogP contribution is -2.42. The Bertz CT molecular complexity index is 759. The molecule has 3 rings (SSSR count). The highest BCUT2D eigenvalue weighted by Crippen LogP contribution is 2.40. The van der Waals surface area contributed by atoms with E-state index < -0.39 is 16.9 Å². The van der Waals surface area contributed by atoms with Crippen molar-refractivity contribution in [2.45, 2.75) is 19.4 Å². The maximum atomic E-state index is 12.3. The van der Waals surface area contributed by atoms with Crippen LogP contribution in [0.3, 0.4) is 0 Å². The van der Waals surface area contributed by atoms with Gasteiger partial charge in [0.2, 0.25) is 0 Å². The van der Waals surface area contributed by atoms with Crippen LogP contribution in [0.15, 0.2) is 40.5 Å². The van der Waals surface area contributed by atoms with Crippen molar-refractivity contribution in [3.63, 3.8) is 0 Å². The van der Waals surface area contributed by atoms with E-state index in [4.69, 9.17) is 4.74 Å². The summed E-state index contributed by atoms with van der Waals surface area (Å²) in [4.78, 5) is 29.6. The third kappa shape index (κ3) is 2.89. The molecule has 0 amide bonds. The second kappa shape index (κ2) is 6.64. The van der Waals surface area contributed by atoms with Crippen molar-refractivity contribution < 1.29 is 14.5 Å². The normalized spacial score (nSPS) is 20.3. The van der Waals surface area contributed by atoms with Gasteiger partial charge in [0.15, 0.2) is 5.17 Å². The highest BCUT2D eigenvalue weighted by molar-refractivity contribution is 8.13. The molecule has 0 bridgehead atoms. The second-order valence-electron chi connectivity index (χ2n) is 5.54. The van der Waals surface area contributed by atoms with Crippen LogP contribution in [0.4, 0.5) is 5.69 Å². The lowest BCUT2D eigenvalue weighted by atomic mass is 9.94. The molecule has 2 aliphatic rings. The van der Waals surface area contributed by atoms with Crippen LogP contribution in [0.25, 0.3) is 0 Å². The predicted molar refractivity (Wildman–Crippen MR) is 91.8 cm³/mol. The molecule has 0 aromatic heterocycles. The number of ether oxygens (including phenoxy) is 1. The summed E-state index contributed by atoms with van der Waals surface area (Å²) in [6.45, 7) is 2.52. The van der Waals surface area contributed by atoms with E-state index in [2.05, 4.69) is 4.99 Å². The molecule has 7 nitrogen and oxygen atoms in total. The fourth-order valence-corrected chi connectivity index (χ4v) is 4.01. The minimum atomic E-state index is -0.456. The van der Waals surface area contributed by atoms with Gasteiger partial charge in [-0.2, -0.15) is 0 Å². The van der Waals surface area contributed by atoms with E-state index in [0.717, 1.165) is 23.9 Å². The topological polar surface area (TPSA) is 85.0 Å². The van der Waals surface area contributed by atoms with Gasteiger partial charge < -0.3 is 9.64 Å². The summed E-state index contributed by atoms with van der Waals surface area (Å²) >= 11 is 1.64. The molecule has 24 heavy (non-hydrogen) atoms. The van der Waals surface area contributed by atoms with Crippen LogP contribution in [0, 0.1) is 10.1 Å². The molecule has 0 N–H and O–H groups in total. The Morgan fingerprint density at radius 1 is 1.50 bits per heavy atom. The summed E-state index contributed by atoms with van der Waals surface area (Å²) in [5, 5.41) is 12.0. The van der Waals surface area contributed by atoms with Gasteiger partial charge in [-0.3, -0.25) is 10.1 Å². The van der Waals surface area contributed by atoms with Gasteiger partial charge in [-0.15, -0.1) is 0 Å². The van der Waals surface area contributed by atoms with Crippen molar-refractivity contribution in [2.24, 2.45) is 4.99 Å². The van der Waals surface area contributed by atoms with Crippen LogP contribution in [-0.2, 0) is 9.53 Å². The SMILES string of the molecule is COC(=O)C1=C(C)N=C2SCCCN2[C@H]1c1cccc([N+](=O)[O-])c1. The Hall–Kier alpha value is -2.35. The van der Waals surface area contributed by atoms with Crippen molar-refractivity contribution in [2.75, 3.05) is 19.4 Å². The Balaban J connectivity index is 2.14. The van der Waals surface area contributed by atoms with E-state index in [9.17, 15) is 14.9 Å². The van der Waals surface area contributed by atoms with E-state index in [1.807, 2.05) is 4.90 Å². The summed E-state index contributed by atoms with van der Waals surface area (Å²) in [5.41, 5.74) is 1.73. The fourth-order valence-electron chi connectivity index (χ4n) is 2.99. The average Bonchev–Trinajstić information content (AvgIpc) is 2.60. The lowest BCUT2D eigenvalue weighted by molar-refractivity contribution is -0.384. The number of nitro groups is 1. The first-order valence-electron chi connectivity index (χ1n) is 7.54. The smallest absolute Gasteiger partial charge is 0.338 e. The quantitative estimate of drug-likeness (QED) is 0.475. The third-order valence-corrected chi connectivity index (χ3v) is 5.14. The van der Waals surface area contributed by atoms with Gasteiger partial charge in [-0.25, -0.2) is 9.79 Å². The Morgan fingerprint density at radius 2 is 2.29 bits per heavy atom. The standard InChI is InChI=1S/C16H17N3O4S/c1-10-13(15(20)23-2)14(18-7-4-8-24-16(18)17-10)11-5-3-6-12(9-11)19(21)22/h3,5-6,9,14H,4,7-8H2,1-2H3/t14-/m0/s1. The molecule has 2 heterocycles. The molecule has 0 spiro atoms. The molecule has 0 unspecified atom stereocenters. The zero-order valence-electron chi connectivity index (χ0n) is 13.4. The highest BCUT2D eigenvalue weighted by Gasteiger charge is 2.38. The van der Waals surface area contributed by atoms with E-state index in [1.165, 1.54) is 19.2 Å². The summed E-state index contributed by atoms with van der Waals surface area (Å²) in [5.74, 6) is 0.514. The van der Waals surface area contributed by atoms with Crippen molar-refractivity contribution in [1.29, 1.82) is 0 Å². The maximum Gasteiger partial charge on any atom is 0.338 e. The molecule has 1 atom stereocenters. The number of hydrogen-bond acceptors (Lipinski definition) is 7. The van der Waals surface area contributed by atoms with Crippen LogP contribution in [-0.4, -0.2) is 40.4 Å². The first-order chi connectivity index (χ1) is 11.5. The molecule has 8 heteroatoms. The van der Waals surface area contributed by atoms with Gasteiger partial charge in [0, 0.05) is 24.4 Å². The summed E-state index contributed by atoms with van der Waals surface area (Å²) in [7, 11) is 1.33. The van der Waals surface area contributed by atoms with Gasteiger partial charge in [-0.1, -0.05) is 23.9 Å². The molecular formula is C16H17N3O4S. The number of non-ortho nitro benzene ring substituents is 1. The van der Waals surface area contributed by atoms with Gasteiger partial charge in [0.05, 0.1) is 29.3 Å². The first kappa shape index (κ1) is 16.5. The fraction of sp³-hybridized carbons (Fsp3) is 0.375. The summed E-state index contributed by atoms with van der Waals surface area (Å²) in [6, 6.07) is 5.98. The first-order valence-corrected chi connectivity index (χ1v) is 8.53. The van der Waals surface area contributed by atoms with Gasteiger partial charge >= 0.3 is 5.97 Å². The molecule has 1 saturated heterocycles. The number of hydrogen-bond donors (Lipinski definition) is 0. The number of carbonyl (C=O) groups excluding carboxylic acids is 1. The number of methoxy groups -OCH3 is 1. The number of rotatable bonds is 3. The van der Waals surface area contributed by atoms with Gasteiger partial charge in [0.25, 0.3) is 5.69 Å². The number of allylic oxidation sites excluding steroid dienone is 1. The molecule has 1 aromatic carbocycles. The maximum absolute atomic E-state index is 12.3. The minimum Gasteiger partial charge on any atom is -0.466 e. The number of carbonyl (C=O) groups is 1. The summed E-state index contributed by atoms with van der Waals surface area (Å²) in [6.07, 6.45) is 0.961. The molecule has 0 radical (unpaired) electrons. The highest BCUT2D eigenvalue weighted by atomic mass is 32.2. The van der Waals surface area contributed by atoms with E-state index in [0.29, 0.717) is 16.8 Å². The molecule has 1 aromatic rings. The van der Waals surface area contributed by atoms with Crippen molar-refractivity contribution in [3.05, 3.63) is 51.2 Å². The summed E-state index contributed by atoms with van der Waals surface area (Å²) < 4.78 is 4.94. The molecular weight excluding hydrogens is 330 g/mol. The zero-order valence-corrected chi connectivity index (χ0v) is 14.2. The van der Waals surface area contributed by atoms with E-state index in [-0.39, 0.29) is 5.69 Å². The predicted octanol–water partition coefficient (Wildman–Crippen LogP) is 2.89. The largest absolute Gasteiger partial charge is 0.466 e. The van der Waals surface area contributed by atoms with Crippen LogP contribution in [0.5, 0.6) is 0 Å². The minimum absolute atomic E-state index is 0.00286. The van der Waals surface area contributed by atoms with Crippen molar-refractivity contribution in [3.8, 4) is 0 Å². The van der Waals surface area contributed by atoms with Crippen molar-refractivity contribution >= 4 is 28.6 Å². The number of nitrogens with zero attached hydrogens (tertiary/aromatic N) is 3. The molecule has 1 fully saturated rings. The molecule has 2 aliphatic heterocycles. The average molecular weight is 347 g/mol. The Morgan fingerprint density at radius 3 is 3.00 bits per heavy atom. The lowest BCUT2D eigenvalue weighted by Gasteiger charge is -2.40. The Labute approximate surface area is 143 Å². The molecule has 0 saturated carbocycles. The van der Waals surface area contributed by atoms with E-state index in [1.54, 1.807) is 30.8 Å². The molecule has 126 valence electrons. The number of nitro benzene ring substituents is 1. The number of benzene rings is 1. The Kier molecular flexibility index (Phi) is 4.57. The number of esters is 1. The van der Waals surface area contributed by atoms with Crippen LogP contribution >= 0.6 is 11.8 Å². The number of aliphatic imine (C=N–C) groups is 1. The zero-order chi connectivity index (χ0) is 17.3. The van der Waals surface area contributed by atoms with Crippen LogP contribution in [0.2, 0.25) is 0 Å². The van der Waals surface area contributed by atoms with Crippen LogP contribution in [0.1, 0.15) is 24.9 Å². The monoisotopic (exact) mass is 347 g/mol. The number of amidine groups is 1. The molecule has 0 aliphatic carbocycles. The van der Waals surface area contributed by atoms with E-state index >= 15 is 0 Å². The third-order valence-electron chi connectivity index (χ3n) is 4.06.